The number of fused-ring (bicyclic) bond motifs is 1. The molecule has 2 heterocycles. The summed E-state index contributed by atoms with van der Waals surface area (Å²) in [5.41, 5.74) is 2.21. The van der Waals surface area contributed by atoms with Gasteiger partial charge in [0.15, 0.2) is 5.76 Å². The Kier molecular flexibility index (Phi) is 4.03. The highest BCUT2D eigenvalue weighted by Gasteiger charge is 2.56. The number of pyridine rings is 1. The van der Waals surface area contributed by atoms with Crippen LogP contribution in [0.25, 0.3) is 22.4 Å². The molecule has 2 unspecified atom stereocenters. The molecule has 4 saturated carbocycles. The second-order valence-corrected chi connectivity index (χ2v) is 9.41. The maximum absolute atomic E-state index is 13.5. The molecular weight excluding hydrogens is 376 g/mol. The lowest BCUT2D eigenvalue weighted by Crippen LogP contribution is -2.62. The van der Waals surface area contributed by atoms with Crippen molar-refractivity contribution in [3.05, 3.63) is 54.3 Å². The number of nitrogens with one attached hydrogen (secondary N) is 1. The summed E-state index contributed by atoms with van der Waals surface area (Å²) in [4.78, 5) is 18.2. The number of furan rings is 1. The molecule has 7 rings (SSSR count). The summed E-state index contributed by atoms with van der Waals surface area (Å²) in [5, 5.41) is 4.31. The van der Waals surface area contributed by atoms with Crippen molar-refractivity contribution in [3.8, 4) is 11.5 Å². The molecule has 0 radical (unpaired) electrons. The van der Waals surface area contributed by atoms with Gasteiger partial charge in [0.25, 0.3) is 5.91 Å². The first-order valence-corrected chi connectivity index (χ1v) is 10.9. The number of methoxy groups -OCH3 is 1. The second-order valence-electron chi connectivity index (χ2n) is 9.41. The first-order chi connectivity index (χ1) is 14.6. The number of rotatable bonds is 4. The molecule has 0 aliphatic heterocycles. The van der Waals surface area contributed by atoms with E-state index >= 15 is 0 Å². The van der Waals surface area contributed by atoms with E-state index in [2.05, 4.69) is 5.32 Å². The van der Waals surface area contributed by atoms with Crippen LogP contribution in [-0.2, 0) is 4.74 Å². The molecule has 3 aromatic rings. The predicted octanol–water partition coefficient (Wildman–Crippen LogP) is 4.82. The minimum atomic E-state index is -0.00894. The van der Waals surface area contributed by atoms with Gasteiger partial charge in [0.05, 0.1) is 22.9 Å². The van der Waals surface area contributed by atoms with Crippen molar-refractivity contribution < 1.29 is 13.9 Å². The van der Waals surface area contributed by atoms with Gasteiger partial charge < -0.3 is 14.5 Å². The van der Waals surface area contributed by atoms with Crippen LogP contribution in [0.15, 0.2) is 53.1 Å². The molecule has 4 bridgehead atoms. The van der Waals surface area contributed by atoms with E-state index in [1.165, 1.54) is 19.3 Å². The average molecular weight is 402 g/mol. The number of ether oxygens (including phenoxy) is 1. The molecule has 154 valence electrons. The van der Waals surface area contributed by atoms with Crippen molar-refractivity contribution in [2.75, 3.05) is 7.11 Å². The van der Waals surface area contributed by atoms with Crippen molar-refractivity contribution in [3.63, 3.8) is 0 Å². The zero-order valence-electron chi connectivity index (χ0n) is 17.1. The van der Waals surface area contributed by atoms with Crippen molar-refractivity contribution in [2.24, 2.45) is 17.8 Å². The number of para-hydroxylation sites is 1. The number of carbonyl (C=O) groups excluding carboxylic acids is 1. The molecule has 4 aliphatic rings. The molecule has 30 heavy (non-hydrogen) atoms. The third kappa shape index (κ3) is 2.79. The lowest BCUT2D eigenvalue weighted by molar-refractivity contribution is -0.156. The highest BCUT2D eigenvalue weighted by Crippen LogP contribution is 2.57. The van der Waals surface area contributed by atoms with E-state index in [0.717, 1.165) is 29.7 Å². The lowest BCUT2D eigenvalue weighted by Gasteiger charge is -2.59. The van der Waals surface area contributed by atoms with Gasteiger partial charge in [-0.3, -0.25) is 4.79 Å². The minimum Gasteiger partial charge on any atom is -0.463 e. The second kappa shape index (κ2) is 6.67. The lowest BCUT2D eigenvalue weighted by atomic mass is 9.52. The number of nitrogens with zero attached hydrogens (tertiary/aromatic N) is 1. The van der Waals surface area contributed by atoms with Crippen LogP contribution in [0.3, 0.4) is 0 Å². The standard InChI is InChI=1S/C25H26N2O3/c1-29-25-12-15-9-16(13-25)23(17(10-15)14-25)27-24(28)19-11-21(22-7-4-8-30-22)26-20-6-3-2-5-18(19)20/h2-8,11,15-17,23H,9-10,12-14H2,1H3,(H,27,28). The van der Waals surface area contributed by atoms with Gasteiger partial charge in [-0.25, -0.2) is 4.98 Å². The monoisotopic (exact) mass is 402 g/mol. The van der Waals surface area contributed by atoms with Crippen LogP contribution in [0.2, 0.25) is 0 Å². The van der Waals surface area contributed by atoms with Gasteiger partial charge in [0.2, 0.25) is 0 Å². The molecule has 5 heteroatoms. The predicted molar refractivity (Wildman–Crippen MR) is 114 cm³/mol. The largest absolute Gasteiger partial charge is 0.463 e. The summed E-state index contributed by atoms with van der Waals surface area (Å²) in [6, 6.07) is 13.6. The quantitative estimate of drug-likeness (QED) is 0.680. The topological polar surface area (TPSA) is 64.4 Å². The maximum Gasteiger partial charge on any atom is 0.252 e. The highest BCUT2D eigenvalue weighted by molar-refractivity contribution is 6.07. The van der Waals surface area contributed by atoms with Crippen molar-refractivity contribution in [2.45, 2.75) is 43.7 Å². The van der Waals surface area contributed by atoms with Crippen LogP contribution in [0.5, 0.6) is 0 Å². The third-order valence-corrected chi connectivity index (χ3v) is 7.68. The summed E-state index contributed by atoms with van der Waals surface area (Å²) in [6.07, 6.45) is 7.37. The Bertz CT molecular complexity index is 1090. The number of amides is 1. The molecule has 1 aromatic carbocycles. The van der Waals surface area contributed by atoms with Gasteiger partial charge in [0, 0.05) is 18.5 Å². The average Bonchev–Trinajstić information content (AvgIpc) is 3.30. The summed E-state index contributed by atoms with van der Waals surface area (Å²) in [5.74, 6) is 2.44. The molecular formula is C25H26N2O3. The van der Waals surface area contributed by atoms with Gasteiger partial charge in [-0.05, 0) is 74.1 Å². The van der Waals surface area contributed by atoms with E-state index in [1.807, 2.05) is 49.6 Å². The van der Waals surface area contributed by atoms with Crippen molar-refractivity contribution in [1.82, 2.24) is 10.3 Å². The van der Waals surface area contributed by atoms with Gasteiger partial charge in [-0.1, -0.05) is 18.2 Å². The van der Waals surface area contributed by atoms with Gasteiger partial charge in [0.1, 0.15) is 5.69 Å². The summed E-state index contributed by atoms with van der Waals surface area (Å²) >= 11 is 0. The van der Waals surface area contributed by atoms with Crippen LogP contribution in [0, 0.1) is 17.8 Å². The SMILES string of the molecule is COC12CC3CC(C1)C(NC(=O)c1cc(-c4ccco4)nc4ccccc14)C(C3)C2. The molecule has 2 atom stereocenters. The Morgan fingerprint density at radius 3 is 2.67 bits per heavy atom. The van der Waals surface area contributed by atoms with E-state index in [9.17, 15) is 4.79 Å². The molecule has 1 N–H and O–H groups in total. The fraction of sp³-hybridized carbons (Fsp3) is 0.440. The summed E-state index contributed by atoms with van der Waals surface area (Å²) in [7, 11) is 1.86. The Morgan fingerprint density at radius 1 is 1.13 bits per heavy atom. The van der Waals surface area contributed by atoms with Crippen LogP contribution >= 0.6 is 0 Å². The molecule has 2 aromatic heterocycles. The number of hydrogen-bond donors (Lipinski definition) is 1. The van der Waals surface area contributed by atoms with Gasteiger partial charge in [-0.15, -0.1) is 0 Å². The van der Waals surface area contributed by atoms with Crippen LogP contribution in [0.4, 0.5) is 0 Å². The Labute approximate surface area is 175 Å². The molecule has 1 amide bonds. The molecule has 5 nitrogen and oxygen atoms in total. The Morgan fingerprint density at radius 2 is 1.93 bits per heavy atom. The number of benzene rings is 1. The Hall–Kier alpha value is -2.66. The Balaban J connectivity index is 1.34. The van der Waals surface area contributed by atoms with Crippen molar-refractivity contribution >= 4 is 16.8 Å². The van der Waals surface area contributed by atoms with E-state index < -0.39 is 0 Å². The van der Waals surface area contributed by atoms with Gasteiger partial charge >= 0.3 is 0 Å². The van der Waals surface area contributed by atoms with E-state index in [4.69, 9.17) is 14.1 Å². The molecule has 0 saturated heterocycles. The van der Waals surface area contributed by atoms with E-state index in [-0.39, 0.29) is 17.6 Å². The van der Waals surface area contributed by atoms with E-state index in [0.29, 0.717) is 28.9 Å². The minimum absolute atomic E-state index is 0.00894. The van der Waals surface area contributed by atoms with Crippen LogP contribution < -0.4 is 5.32 Å². The number of hydrogen-bond acceptors (Lipinski definition) is 4. The molecule has 4 aliphatic carbocycles. The zero-order chi connectivity index (χ0) is 20.3. The first kappa shape index (κ1) is 18.1. The van der Waals surface area contributed by atoms with Gasteiger partial charge in [-0.2, -0.15) is 0 Å². The smallest absolute Gasteiger partial charge is 0.252 e. The normalized spacial score (nSPS) is 31.9. The third-order valence-electron chi connectivity index (χ3n) is 7.68. The molecule has 0 spiro atoms. The summed E-state index contributed by atoms with van der Waals surface area (Å²) < 4.78 is 11.5. The first-order valence-electron chi connectivity index (χ1n) is 10.9. The number of aromatic nitrogens is 1. The highest BCUT2D eigenvalue weighted by atomic mass is 16.5. The zero-order valence-corrected chi connectivity index (χ0v) is 17.1. The fourth-order valence-electron chi connectivity index (χ4n) is 6.58. The summed E-state index contributed by atoms with van der Waals surface area (Å²) in [6.45, 7) is 0. The molecule has 4 fully saturated rings. The van der Waals surface area contributed by atoms with Crippen LogP contribution in [-0.4, -0.2) is 29.6 Å². The van der Waals surface area contributed by atoms with Crippen molar-refractivity contribution in [1.29, 1.82) is 0 Å². The fourth-order valence-corrected chi connectivity index (χ4v) is 6.58. The number of carbonyl (C=O) groups is 1. The maximum atomic E-state index is 13.5. The van der Waals surface area contributed by atoms with E-state index in [1.54, 1.807) is 6.26 Å². The van der Waals surface area contributed by atoms with Crippen LogP contribution in [0.1, 0.15) is 42.5 Å².